The molecule has 1 heterocycles. The molecule has 0 unspecified atom stereocenters. The lowest BCUT2D eigenvalue weighted by atomic mass is 10.2. The van der Waals surface area contributed by atoms with Crippen molar-refractivity contribution < 1.29 is 14.0 Å². The molecule has 0 aliphatic carbocycles. The number of carbonyl (C=O) groups is 2. The molecule has 0 atom stereocenters. The summed E-state index contributed by atoms with van der Waals surface area (Å²) in [5.74, 6) is -1.16. The molecule has 5 nitrogen and oxygen atoms in total. The van der Waals surface area contributed by atoms with Gasteiger partial charge < -0.3 is 5.32 Å². The van der Waals surface area contributed by atoms with Gasteiger partial charge in [-0.3, -0.25) is 14.5 Å². The first-order valence-electron chi connectivity index (χ1n) is 8.50. The molecule has 0 bridgehead atoms. The van der Waals surface area contributed by atoms with Crippen molar-refractivity contribution in [3.05, 3.63) is 77.1 Å². The summed E-state index contributed by atoms with van der Waals surface area (Å²) in [6.07, 6.45) is 2.91. The van der Waals surface area contributed by atoms with Gasteiger partial charge in [0.05, 0.1) is 11.4 Å². The van der Waals surface area contributed by atoms with Gasteiger partial charge in [0.1, 0.15) is 5.82 Å². The molecule has 3 aromatic rings. The van der Waals surface area contributed by atoms with Crippen molar-refractivity contribution in [1.82, 2.24) is 4.98 Å². The largest absolute Gasteiger partial charge is 0.323 e. The lowest BCUT2D eigenvalue weighted by molar-refractivity contribution is -0.116. The molecule has 2 amide bonds. The second kappa shape index (κ2) is 8.58. The van der Waals surface area contributed by atoms with Crippen LogP contribution in [-0.2, 0) is 9.59 Å². The van der Waals surface area contributed by atoms with Crippen molar-refractivity contribution in [3.8, 4) is 0 Å². The summed E-state index contributed by atoms with van der Waals surface area (Å²) < 4.78 is 14.1. The van der Waals surface area contributed by atoms with E-state index in [2.05, 4.69) is 10.3 Å². The summed E-state index contributed by atoms with van der Waals surface area (Å²) in [7, 11) is 0. The van der Waals surface area contributed by atoms with E-state index in [1.807, 2.05) is 31.2 Å². The summed E-state index contributed by atoms with van der Waals surface area (Å²) in [6.45, 7) is 3.31. The molecule has 2 aromatic carbocycles. The Morgan fingerprint density at radius 2 is 1.86 bits per heavy atom. The van der Waals surface area contributed by atoms with E-state index in [1.165, 1.54) is 41.4 Å². The van der Waals surface area contributed by atoms with Gasteiger partial charge in [-0.15, -0.1) is 11.3 Å². The molecule has 1 aromatic heterocycles. The Hall–Kier alpha value is -3.32. The standard InChI is InChI=1S/C21H18FN3O2S/c1-14-7-9-16(10-8-14)23-20(27)12-11-17-13-28-21(24-17)25(15(2)26)19-6-4-3-5-18(19)22/h3-13H,1-2H3,(H,23,27)/b12-11+. The number of amides is 2. The number of anilines is 3. The Labute approximate surface area is 166 Å². The average molecular weight is 395 g/mol. The van der Waals surface area contributed by atoms with Crippen LogP contribution in [-0.4, -0.2) is 16.8 Å². The normalized spacial score (nSPS) is 10.8. The maximum absolute atomic E-state index is 14.1. The Balaban J connectivity index is 1.74. The van der Waals surface area contributed by atoms with Gasteiger partial charge in [-0.1, -0.05) is 29.8 Å². The van der Waals surface area contributed by atoms with Gasteiger partial charge in [-0.05, 0) is 37.3 Å². The van der Waals surface area contributed by atoms with Crippen molar-refractivity contribution in [2.75, 3.05) is 10.2 Å². The quantitative estimate of drug-likeness (QED) is 0.623. The fourth-order valence-electron chi connectivity index (χ4n) is 2.48. The van der Waals surface area contributed by atoms with Crippen molar-refractivity contribution in [2.24, 2.45) is 0 Å². The highest BCUT2D eigenvalue weighted by Crippen LogP contribution is 2.30. The Bertz CT molecular complexity index is 1030. The molecular weight excluding hydrogens is 377 g/mol. The lowest BCUT2D eigenvalue weighted by Crippen LogP contribution is -2.23. The number of para-hydroxylation sites is 1. The number of nitrogens with zero attached hydrogens (tertiary/aromatic N) is 2. The third-order valence-electron chi connectivity index (χ3n) is 3.83. The molecule has 0 radical (unpaired) electrons. The molecular formula is C21H18FN3O2S. The summed E-state index contributed by atoms with van der Waals surface area (Å²) in [4.78, 5) is 29.6. The second-order valence-corrected chi connectivity index (χ2v) is 6.89. The molecule has 142 valence electrons. The van der Waals surface area contributed by atoms with Crippen LogP contribution in [0.4, 0.5) is 20.9 Å². The minimum Gasteiger partial charge on any atom is -0.323 e. The number of hydrogen-bond acceptors (Lipinski definition) is 4. The first-order chi connectivity index (χ1) is 13.4. The zero-order valence-electron chi connectivity index (χ0n) is 15.3. The molecule has 0 spiro atoms. The molecule has 0 saturated heterocycles. The summed E-state index contributed by atoms with van der Waals surface area (Å²) >= 11 is 1.19. The van der Waals surface area contributed by atoms with E-state index in [4.69, 9.17) is 0 Å². The molecule has 0 aliphatic heterocycles. The minimum atomic E-state index is -0.512. The van der Waals surface area contributed by atoms with E-state index in [-0.39, 0.29) is 17.5 Å². The van der Waals surface area contributed by atoms with Crippen molar-refractivity contribution in [3.63, 3.8) is 0 Å². The second-order valence-electron chi connectivity index (χ2n) is 6.05. The van der Waals surface area contributed by atoms with Crippen LogP contribution in [0.3, 0.4) is 0 Å². The highest BCUT2D eigenvalue weighted by Gasteiger charge is 2.20. The summed E-state index contributed by atoms with van der Waals surface area (Å²) in [5.41, 5.74) is 2.44. The minimum absolute atomic E-state index is 0.136. The van der Waals surface area contributed by atoms with E-state index in [9.17, 15) is 14.0 Å². The molecule has 3 rings (SSSR count). The fourth-order valence-corrected chi connectivity index (χ4v) is 3.33. The number of carbonyl (C=O) groups excluding carboxylic acids is 2. The SMILES string of the molecule is CC(=O)N(c1nc(/C=C/C(=O)Nc2ccc(C)cc2)cs1)c1ccccc1F. The lowest BCUT2D eigenvalue weighted by Gasteiger charge is -2.18. The Morgan fingerprint density at radius 3 is 2.54 bits per heavy atom. The number of nitrogens with one attached hydrogen (secondary N) is 1. The first kappa shape index (κ1) is 19.4. The van der Waals surface area contributed by atoms with Crippen LogP contribution in [0.5, 0.6) is 0 Å². The van der Waals surface area contributed by atoms with Crippen LogP contribution >= 0.6 is 11.3 Å². The predicted octanol–water partition coefficient (Wildman–Crippen LogP) is 4.93. The number of thiazole rings is 1. The third-order valence-corrected chi connectivity index (χ3v) is 4.68. The smallest absolute Gasteiger partial charge is 0.248 e. The Kier molecular flexibility index (Phi) is 5.96. The number of aromatic nitrogens is 1. The van der Waals surface area contributed by atoms with Crippen LogP contribution in [0.2, 0.25) is 0 Å². The van der Waals surface area contributed by atoms with E-state index >= 15 is 0 Å². The van der Waals surface area contributed by atoms with Gasteiger partial charge in [-0.2, -0.15) is 0 Å². The van der Waals surface area contributed by atoms with Crippen molar-refractivity contribution >= 4 is 45.7 Å². The average Bonchev–Trinajstić information content (AvgIpc) is 3.12. The number of benzene rings is 2. The molecule has 0 aliphatic rings. The highest BCUT2D eigenvalue weighted by molar-refractivity contribution is 7.14. The van der Waals surface area contributed by atoms with Gasteiger partial charge in [0.2, 0.25) is 11.8 Å². The topological polar surface area (TPSA) is 62.3 Å². The van der Waals surface area contributed by atoms with Crippen LogP contribution in [0.1, 0.15) is 18.2 Å². The van der Waals surface area contributed by atoms with Gasteiger partial charge in [0.15, 0.2) is 5.13 Å². The number of halogens is 1. The van der Waals surface area contributed by atoms with Crippen LogP contribution in [0.25, 0.3) is 6.08 Å². The van der Waals surface area contributed by atoms with Crippen LogP contribution < -0.4 is 10.2 Å². The summed E-state index contributed by atoms with van der Waals surface area (Å²) in [6, 6.07) is 13.5. The highest BCUT2D eigenvalue weighted by atomic mass is 32.1. The molecule has 28 heavy (non-hydrogen) atoms. The van der Waals surface area contributed by atoms with Gasteiger partial charge in [-0.25, -0.2) is 9.37 Å². The number of hydrogen-bond donors (Lipinski definition) is 1. The van der Waals surface area contributed by atoms with E-state index in [0.29, 0.717) is 16.5 Å². The van der Waals surface area contributed by atoms with Gasteiger partial charge >= 0.3 is 0 Å². The number of rotatable bonds is 5. The van der Waals surface area contributed by atoms with E-state index in [0.717, 1.165) is 5.56 Å². The van der Waals surface area contributed by atoms with E-state index < -0.39 is 5.82 Å². The van der Waals surface area contributed by atoms with Gasteiger partial charge in [0, 0.05) is 24.1 Å². The van der Waals surface area contributed by atoms with Crippen molar-refractivity contribution in [2.45, 2.75) is 13.8 Å². The number of aryl methyl sites for hydroxylation is 1. The van der Waals surface area contributed by atoms with Crippen LogP contribution in [0.15, 0.2) is 60.0 Å². The zero-order chi connectivity index (χ0) is 20.1. The maximum atomic E-state index is 14.1. The molecule has 0 saturated carbocycles. The molecule has 1 N–H and O–H groups in total. The monoisotopic (exact) mass is 395 g/mol. The van der Waals surface area contributed by atoms with Gasteiger partial charge in [0.25, 0.3) is 0 Å². The van der Waals surface area contributed by atoms with E-state index in [1.54, 1.807) is 23.6 Å². The Morgan fingerprint density at radius 1 is 1.14 bits per heavy atom. The summed E-state index contributed by atoms with van der Waals surface area (Å²) in [5, 5.41) is 4.78. The molecule has 7 heteroatoms. The van der Waals surface area contributed by atoms with Crippen molar-refractivity contribution in [1.29, 1.82) is 0 Å². The zero-order valence-corrected chi connectivity index (χ0v) is 16.2. The first-order valence-corrected chi connectivity index (χ1v) is 9.38. The predicted molar refractivity (Wildman–Crippen MR) is 110 cm³/mol. The van der Waals surface area contributed by atoms with Crippen LogP contribution in [0, 0.1) is 12.7 Å². The maximum Gasteiger partial charge on any atom is 0.248 e. The fraction of sp³-hybridized carbons (Fsp3) is 0.0952. The molecule has 0 fully saturated rings. The third kappa shape index (κ3) is 4.69.